The van der Waals surface area contributed by atoms with Gasteiger partial charge >= 0.3 is 12.4 Å². The van der Waals surface area contributed by atoms with E-state index in [2.05, 4.69) is 5.32 Å². The Labute approximate surface area is 185 Å². The van der Waals surface area contributed by atoms with Crippen molar-refractivity contribution in [3.05, 3.63) is 28.8 Å². The van der Waals surface area contributed by atoms with E-state index >= 15 is 0 Å². The van der Waals surface area contributed by atoms with Crippen molar-refractivity contribution in [2.45, 2.75) is 68.9 Å². The molecule has 1 saturated heterocycles. The quantitative estimate of drug-likeness (QED) is 0.569. The smallest absolute Gasteiger partial charge is 0.417 e. The van der Waals surface area contributed by atoms with Crippen LogP contribution in [-0.4, -0.2) is 49.0 Å². The molecule has 1 aromatic rings. The topological polar surface area (TPSA) is 41.6 Å². The molecular weight excluding hydrogens is 464 g/mol. The van der Waals surface area contributed by atoms with Crippen LogP contribution < -0.4 is 10.1 Å². The number of hydrogen-bond donors (Lipinski definition) is 1. The summed E-state index contributed by atoms with van der Waals surface area (Å²) in [6.07, 6.45) is -8.62. The van der Waals surface area contributed by atoms with Gasteiger partial charge in [-0.1, -0.05) is 12.8 Å². The number of halogens is 8. The molecule has 4 nitrogen and oxygen atoms in total. The molecule has 1 saturated carbocycles. The van der Waals surface area contributed by atoms with Crippen LogP contribution in [0.15, 0.2) is 12.1 Å². The zero-order valence-corrected chi connectivity index (χ0v) is 17.8. The Morgan fingerprint density at radius 3 is 2.18 bits per heavy atom. The maximum Gasteiger partial charge on any atom is 0.417 e. The van der Waals surface area contributed by atoms with Crippen molar-refractivity contribution in [2.24, 2.45) is 0 Å². The zero-order valence-electron chi connectivity index (χ0n) is 17.8. The fraction of sp³-hybridized carbons (Fsp3) is 0.667. The number of carbonyl (C=O) groups excluding carboxylic acids is 1. The first-order valence-electron chi connectivity index (χ1n) is 10.5. The van der Waals surface area contributed by atoms with Crippen molar-refractivity contribution >= 4 is 5.91 Å². The van der Waals surface area contributed by atoms with Crippen LogP contribution in [0, 0.1) is 0 Å². The van der Waals surface area contributed by atoms with Crippen molar-refractivity contribution in [3.63, 3.8) is 0 Å². The Kier molecular flexibility index (Phi) is 7.16. The summed E-state index contributed by atoms with van der Waals surface area (Å²) in [5.41, 5.74) is -4.38. The third kappa shape index (κ3) is 5.88. The van der Waals surface area contributed by atoms with Crippen LogP contribution in [0.1, 0.15) is 60.0 Å². The van der Waals surface area contributed by atoms with Gasteiger partial charge in [-0.15, -0.1) is 0 Å². The number of carbonyl (C=O) groups is 1. The lowest BCUT2D eigenvalue weighted by Crippen LogP contribution is -2.56. The molecule has 1 amide bonds. The van der Waals surface area contributed by atoms with Gasteiger partial charge in [0.15, 0.2) is 0 Å². The van der Waals surface area contributed by atoms with E-state index in [1.165, 1.54) is 0 Å². The standard InChI is InChI=1S/C21H24F8N2O2/c1-33-16-11-12(20(24,25)26)10-13(21(27,28)29)17(16)18(32)30-14-4-2-3-5-15(14)31-8-6-19(22,23)7-9-31/h10-11,14-15H,2-9H2,1H3,(H,30,32). The molecule has 0 radical (unpaired) electrons. The van der Waals surface area contributed by atoms with E-state index in [0.717, 1.165) is 13.5 Å². The van der Waals surface area contributed by atoms with Gasteiger partial charge in [-0.05, 0) is 25.0 Å². The van der Waals surface area contributed by atoms with Gasteiger partial charge in [0.25, 0.3) is 11.8 Å². The number of alkyl halides is 8. The fourth-order valence-electron chi connectivity index (χ4n) is 4.54. The summed E-state index contributed by atoms with van der Waals surface area (Å²) in [7, 11) is 0.879. The third-order valence-corrected chi connectivity index (χ3v) is 6.23. The molecule has 2 fully saturated rings. The number of hydrogen-bond acceptors (Lipinski definition) is 3. The summed E-state index contributed by atoms with van der Waals surface area (Å²) >= 11 is 0. The van der Waals surface area contributed by atoms with Gasteiger partial charge in [0.2, 0.25) is 0 Å². The molecule has 1 aliphatic carbocycles. The average Bonchev–Trinajstić information content (AvgIpc) is 2.72. The number of rotatable bonds is 4. The molecule has 0 bridgehead atoms. The Hall–Kier alpha value is -2.11. The molecule has 33 heavy (non-hydrogen) atoms. The Morgan fingerprint density at radius 1 is 1.03 bits per heavy atom. The van der Waals surface area contributed by atoms with Crippen LogP contribution in [0.3, 0.4) is 0 Å². The maximum absolute atomic E-state index is 13.6. The second kappa shape index (κ2) is 9.27. The highest BCUT2D eigenvalue weighted by Gasteiger charge is 2.43. The molecule has 1 N–H and O–H groups in total. The first-order valence-corrected chi connectivity index (χ1v) is 10.5. The van der Waals surface area contributed by atoms with Gasteiger partial charge in [0, 0.05) is 38.0 Å². The maximum atomic E-state index is 13.6. The lowest BCUT2D eigenvalue weighted by atomic mass is 9.87. The first-order chi connectivity index (χ1) is 15.2. The van der Waals surface area contributed by atoms with E-state index in [4.69, 9.17) is 4.74 Å². The Morgan fingerprint density at radius 2 is 1.64 bits per heavy atom. The van der Waals surface area contributed by atoms with Gasteiger partial charge in [0.05, 0.1) is 23.8 Å². The van der Waals surface area contributed by atoms with Crippen molar-refractivity contribution in [3.8, 4) is 5.75 Å². The molecule has 186 valence electrons. The number of piperidine rings is 1. The molecule has 12 heteroatoms. The Bertz CT molecular complexity index is 859. The van der Waals surface area contributed by atoms with E-state index in [0.29, 0.717) is 25.3 Å². The molecule has 1 aromatic carbocycles. The van der Waals surface area contributed by atoms with Crippen molar-refractivity contribution < 1.29 is 44.7 Å². The summed E-state index contributed by atoms with van der Waals surface area (Å²) in [5.74, 6) is -4.84. The third-order valence-electron chi connectivity index (χ3n) is 6.23. The number of ether oxygens (including phenoxy) is 1. The molecular formula is C21H24F8N2O2. The number of methoxy groups -OCH3 is 1. The summed E-state index contributed by atoms with van der Waals surface area (Å²) in [6.45, 7) is 0.170. The number of amides is 1. The van der Waals surface area contributed by atoms with Crippen molar-refractivity contribution in [1.82, 2.24) is 10.2 Å². The second-order valence-electron chi connectivity index (χ2n) is 8.42. The fourth-order valence-corrected chi connectivity index (χ4v) is 4.54. The zero-order chi connectivity index (χ0) is 24.6. The first kappa shape index (κ1) is 25.5. The Balaban J connectivity index is 1.90. The van der Waals surface area contributed by atoms with Crippen LogP contribution in [0.4, 0.5) is 35.1 Å². The van der Waals surface area contributed by atoms with E-state index in [-0.39, 0.29) is 38.0 Å². The summed E-state index contributed by atoms with van der Waals surface area (Å²) in [6, 6.07) is -0.739. The van der Waals surface area contributed by atoms with Crippen LogP contribution in [0.25, 0.3) is 0 Å². The molecule has 2 unspecified atom stereocenters. The summed E-state index contributed by atoms with van der Waals surface area (Å²) < 4.78 is 112. The average molecular weight is 488 g/mol. The van der Waals surface area contributed by atoms with Crippen LogP contribution in [-0.2, 0) is 12.4 Å². The van der Waals surface area contributed by atoms with Gasteiger partial charge < -0.3 is 10.1 Å². The van der Waals surface area contributed by atoms with Crippen molar-refractivity contribution in [1.29, 1.82) is 0 Å². The molecule has 2 atom stereocenters. The highest BCUT2D eigenvalue weighted by atomic mass is 19.4. The van der Waals surface area contributed by atoms with E-state index in [1.54, 1.807) is 4.90 Å². The van der Waals surface area contributed by atoms with Gasteiger partial charge in [-0.3, -0.25) is 9.69 Å². The molecule has 3 rings (SSSR count). The summed E-state index contributed by atoms with van der Waals surface area (Å²) in [5, 5.41) is 2.52. The van der Waals surface area contributed by atoms with Gasteiger partial charge in [0.1, 0.15) is 5.75 Å². The van der Waals surface area contributed by atoms with Crippen LogP contribution in [0.5, 0.6) is 5.75 Å². The van der Waals surface area contributed by atoms with E-state index < -0.39 is 52.7 Å². The van der Waals surface area contributed by atoms with Gasteiger partial charge in [-0.25, -0.2) is 8.78 Å². The van der Waals surface area contributed by atoms with E-state index in [1.807, 2.05) is 0 Å². The molecule has 1 aliphatic heterocycles. The van der Waals surface area contributed by atoms with E-state index in [9.17, 15) is 39.9 Å². The lowest BCUT2D eigenvalue weighted by Gasteiger charge is -2.43. The SMILES string of the molecule is COc1cc(C(F)(F)F)cc(C(F)(F)F)c1C(=O)NC1CCCCC1N1CCC(F)(F)CC1. The predicted molar refractivity (Wildman–Crippen MR) is 102 cm³/mol. The number of likely N-dealkylation sites (tertiary alicyclic amines) is 1. The summed E-state index contributed by atoms with van der Waals surface area (Å²) in [4.78, 5) is 14.7. The largest absolute Gasteiger partial charge is 0.496 e. The minimum atomic E-state index is -5.24. The minimum Gasteiger partial charge on any atom is -0.496 e. The predicted octanol–water partition coefficient (Wildman–Crippen LogP) is 5.50. The second-order valence-corrected chi connectivity index (χ2v) is 8.42. The molecule has 0 aromatic heterocycles. The molecule has 0 spiro atoms. The van der Waals surface area contributed by atoms with Crippen LogP contribution >= 0.6 is 0 Å². The monoisotopic (exact) mass is 488 g/mol. The van der Waals surface area contributed by atoms with Crippen molar-refractivity contribution in [2.75, 3.05) is 20.2 Å². The number of nitrogens with one attached hydrogen (secondary N) is 1. The molecule has 2 aliphatic rings. The highest BCUT2D eigenvalue weighted by Crippen LogP contribution is 2.41. The van der Waals surface area contributed by atoms with Gasteiger partial charge in [-0.2, -0.15) is 26.3 Å². The molecule has 1 heterocycles. The number of benzene rings is 1. The lowest BCUT2D eigenvalue weighted by molar-refractivity contribution is -0.143. The number of nitrogens with zero attached hydrogens (tertiary/aromatic N) is 1. The van der Waals surface area contributed by atoms with Crippen LogP contribution in [0.2, 0.25) is 0 Å². The normalized spacial score (nSPS) is 24.4. The highest BCUT2D eigenvalue weighted by molar-refractivity contribution is 5.99. The minimum absolute atomic E-state index is 0.0848.